The van der Waals surface area contributed by atoms with E-state index in [0.29, 0.717) is 13.0 Å². The molecule has 5 nitrogen and oxygen atoms in total. The largest absolute Gasteiger partial charge is 0.462 e. The molecule has 0 aromatic rings. The fourth-order valence-electron chi connectivity index (χ4n) is 5.51. The fraction of sp³-hybridized carbons (Fsp3) is 0.682. The van der Waals surface area contributed by atoms with Crippen molar-refractivity contribution >= 4 is 17.7 Å². The lowest BCUT2D eigenvalue weighted by molar-refractivity contribution is -0.171. The number of cyclic esters (lactones) is 1. The van der Waals surface area contributed by atoms with Gasteiger partial charge in [0, 0.05) is 19.4 Å². The van der Waals surface area contributed by atoms with Gasteiger partial charge in [0.25, 0.3) is 0 Å². The zero-order valence-electron chi connectivity index (χ0n) is 17.0. The van der Waals surface area contributed by atoms with Gasteiger partial charge in [-0.3, -0.25) is 9.59 Å². The molecule has 5 atom stereocenters. The Morgan fingerprint density at radius 3 is 2.59 bits per heavy atom. The Labute approximate surface area is 161 Å². The summed E-state index contributed by atoms with van der Waals surface area (Å²) in [4.78, 5) is 35.5. The molecule has 0 N–H and O–H groups in total. The van der Waals surface area contributed by atoms with E-state index in [0.717, 1.165) is 30.4 Å². The molecule has 5 heteroatoms. The molecule has 1 aliphatic heterocycles. The molecule has 0 amide bonds. The number of carbonyl (C=O) groups excluding carboxylic acids is 3. The topological polar surface area (TPSA) is 69.7 Å². The summed E-state index contributed by atoms with van der Waals surface area (Å²) in [6.07, 6.45) is 6.02. The van der Waals surface area contributed by atoms with Crippen LogP contribution in [0.1, 0.15) is 60.3 Å². The molecule has 0 bridgehead atoms. The van der Waals surface area contributed by atoms with Gasteiger partial charge in [-0.05, 0) is 60.5 Å². The van der Waals surface area contributed by atoms with Crippen molar-refractivity contribution in [1.29, 1.82) is 0 Å². The van der Waals surface area contributed by atoms with Crippen LogP contribution in [-0.4, -0.2) is 30.4 Å². The Morgan fingerprint density at radius 1 is 1.30 bits per heavy atom. The van der Waals surface area contributed by atoms with Gasteiger partial charge in [-0.15, -0.1) is 0 Å². The van der Waals surface area contributed by atoms with Crippen molar-refractivity contribution in [2.24, 2.45) is 22.7 Å². The minimum absolute atomic E-state index is 0.122. The Balaban J connectivity index is 1.95. The number of ether oxygens (including phenoxy) is 2. The molecule has 3 aliphatic rings. The zero-order valence-corrected chi connectivity index (χ0v) is 17.0. The number of esters is 2. The first-order valence-corrected chi connectivity index (χ1v) is 9.81. The standard InChI is InChI=1S/C22H30O5/c1-13-8-17(24)10-19-21(4,7-6-16-9-20(25)26-12-16)14(2)18(27-15(3)23)11-22(13,19)5/h8-9,14,18-19H,6-7,10-12H2,1-5H3/t14-,18-,19-,21+,22+/m1/s1. The lowest BCUT2D eigenvalue weighted by Gasteiger charge is -2.59. The Kier molecular flexibility index (Phi) is 5.08. The lowest BCUT2D eigenvalue weighted by atomic mass is 9.46. The van der Waals surface area contributed by atoms with Crippen LogP contribution < -0.4 is 0 Å². The number of carbonyl (C=O) groups is 3. The molecular formula is C22H30O5. The third-order valence-corrected chi connectivity index (χ3v) is 7.50. The molecule has 27 heavy (non-hydrogen) atoms. The van der Waals surface area contributed by atoms with E-state index in [-0.39, 0.29) is 46.5 Å². The number of rotatable bonds is 4. The highest BCUT2D eigenvalue weighted by Crippen LogP contribution is 2.62. The second-order valence-corrected chi connectivity index (χ2v) is 9.02. The zero-order chi connectivity index (χ0) is 20.0. The maximum Gasteiger partial charge on any atom is 0.331 e. The highest BCUT2D eigenvalue weighted by atomic mass is 16.5. The van der Waals surface area contributed by atoms with E-state index in [2.05, 4.69) is 20.8 Å². The SMILES string of the molecule is CC(=O)O[C@@H]1C[C@@]2(C)C(C)=CC(=O)C[C@@H]2[C@@](C)(CCC2=CC(=O)OC2)[C@@H]1C. The molecule has 0 radical (unpaired) electrons. The summed E-state index contributed by atoms with van der Waals surface area (Å²) >= 11 is 0. The van der Waals surface area contributed by atoms with Gasteiger partial charge in [0.05, 0.1) is 0 Å². The summed E-state index contributed by atoms with van der Waals surface area (Å²) in [6, 6.07) is 0. The van der Waals surface area contributed by atoms with E-state index in [4.69, 9.17) is 9.47 Å². The number of ketones is 1. The van der Waals surface area contributed by atoms with Crippen molar-refractivity contribution in [2.75, 3.05) is 6.61 Å². The summed E-state index contributed by atoms with van der Waals surface area (Å²) in [7, 11) is 0. The number of hydrogen-bond donors (Lipinski definition) is 0. The van der Waals surface area contributed by atoms with Gasteiger partial charge < -0.3 is 9.47 Å². The Hall–Kier alpha value is -1.91. The molecule has 1 fully saturated rings. The highest BCUT2D eigenvalue weighted by molar-refractivity contribution is 5.92. The van der Waals surface area contributed by atoms with Crippen LogP contribution in [-0.2, 0) is 23.9 Å². The minimum Gasteiger partial charge on any atom is -0.462 e. The van der Waals surface area contributed by atoms with Crippen LogP contribution in [0.2, 0.25) is 0 Å². The molecule has 0 aromatic carbocycles. The van der Waals surface area contributed by atoms with Gasteiger partial charge in [-0.1, -0.05) is 26.3 Å². The van der Waals surface area contributed by atoms with Gasteiger partial charge in [0.15, 0.2) is 5.78 Å². The van der Waals surface area contributed by atoms with Crippen LogP contribution in [0.4, 0.5) is 0 Å². The fourth-order valence-corrected chi connectivity index (χ4v) is 5.51. The molecule has 1 saturated carbocycles. The van der Waals surface area contributed by atoms with Crippen molar-refractivity contribution in [1.82, 2.24) is 0 Å². The summed E-state index contributed by atoms with van der Waals surface area (Å²) in [5, 5.41) is 0. The predicted molar refractivity (Wildman–Crippen MR) is 101 cm³/mol. The highest BCUT2D eigenvalue weighted by Gasteiger charge is 2.58. The van der Waals surface area contributed by atoms with Gasteiger partial charge >= 0.3 is 11.9 Å². The van der Waals surface area contributed by atoms with E-state index in [9.17, 15) is 14.4 Å². The first-order valence-electron chi connectivity index (χ1n) is 9.81. The van der Waals surface area contributed by atoms with Gasteiger partial charge in [-0.25, -0.2) is 4.79 Å². The van der Waals surface area contributed by atoms with Crippen molar-refractivity contribution < 1.29 is 23.9 Å². The maximum atomic E-state index is 12.4. The van der Waals surface area contributed by atoms with E-state index >= 15 is 0 Å². The molecule has 0 aromatic heterocycles. The first-order chi connectivity index (χ1) is 12.6. The van der Waals surface area contributed by atoms with Gasteiger partial charge in [-0.2, -0.15) is 0 Å². The van der Waals surface area contributed by atoms with Crippen LogP contribution in [0.5, 0.6) is 0 Å². The van der Waals surface area contributed by atoms with Crippen LogP contribution in [0.25, 0.3) is 0 Å². The van der Waals surface area contributed by atoms with E-state index in [1.165, 1.54) is 6.92 Å². The van der Waals surface area contributed by atoms with Gasteiger partial charge in [0.1, 0.15) is 12.7 Å². The van der Waals surface area contributed by atoms with E-state index < -0.39 is 0 Å². The molecule has 148 valence electrons. The van der Waals surface area contributed by atoms with Gasteiger partial charge in [0.2, 0.25) is 0 Å². The second kappa shape index (κ2) is 6.92. The molecule has 1 heterocycles. The van der Waals surface area contributed by atoms with Crippen molar-refractivity contribution in [3.05, 3.63) is 23.3 Å². The van der Waals surface area contributed by atoms with Crippen molar-refractivity contribution in [3.8, 4) is 0 Å². The quantitative estimate of drug-likeness (QED) is 0.701. The number of fused-ring (bicyclic) bond motifs is 1. The smallest absolute Gasteiger partial charge is 0.331 e. The Morgan fingerprint density at radius 2 is 2.00 bits per heavy atom. The second-order valence-electron chi connectivity index (χ2n) is 9.02. The lowest BCUT2D eigenvalue weighted by Crippen LogP contribution is -2.56. The van der Waals surface area contributed by atoms with E-state index in [1.807, 2.05) is 6.92 Å². The van der Waals surface area contributed by atoms with Crippen LogP contribution in [0.15, 0.2) is 23.3 Å². The third kappa shape index (κ3) is 3.48. The summed E-state index contributed by atoms with van der Waals surface area (Å²) in [5.41, 5.74) is 1.72. The maximum absolute atomic E-state index is 12.4. The predicted octanol–water partition coefficient (Wildman–Crippen LogP) is 3.77. The van der Waals surface area contributed by atoms with E-state index in [1.54, 1.807) is 12.2 Å². The normalized spacial score (nSPS) is 38.6. The molecular weight excluding hydrogens is 344 g/mol. The summed E-state index contributed by atoms with van der Waals surface area (Å²) < 4.78 is 10.8. The molecule has 0 spiro atoms. The van der Waals surface area contributed by atoms with Crippen molar-refractivity contribution in [2.45, 2.75) is 66.4 Å². The number of hydrogen-bond acceptors (Lipinski definition) is 5. The average Bonchev–Trinajstić information content (AvgIpc) is 2.99. The Bertz CT molecular complexity index is 733. The molecule has 0 unspecified atom stereocenters. The average molecular weight is 374 g/mol. The van der Waals surface area contributed by atoms with Crippen LogP contribution in [0.3, 0.4) is 0 Å². The molecule has 2 aliphatic carbocycles. The van der Waals surface area contributed by atoms with Crippen LogP contribution in [0, 0.1) is 22.7 Å². The number of allylic oxidation sites excluding steroid dienone is 2. The molecule has 0 saturated heterocycles. The molecule has 3 rings (SSSR count). The first kappa shape index (κ1) is 19.8. The van der Waals surface area contributed by atoms with Crippen molar-refractivity contribution in [3.63, 3.8) is 0 Å². The third-order valence-electron chi connectivity index (χ3n) is 7.50. The minimum atomic E-state index is -0.277. The summed E-state index contributed by atoms with van der Waals surface area (Å²) in [6.45, 7) is 10.4. The summed E-state index contributed by atoms with van der Waals surface area (Å²) in [5.74, 6) is -0.0546. The monoisotopic (exact) mass is 374 g/mol. The van der Waals surface area contributed by atoms with Crippen LogP contribution >= 0.6 is 0 Å².